The lowest BCUT2D eigenvalue weighted by atomic mass is 9.86. The number of non-ortho nitro benzene ring substituents is 1. The van der Waals surface area contributed by atoms with Gasteiger partial charge in [0, 0.05) is 12.1 Å². The molecule has 0 amide bonds. The van der Waals surface area contributed by atoms with Gasteiger partial charge in [0.05, 0.1) is 4.92 Å². The number of nitro groups is 1. The Bertz CT molecular complexity index is 476. The van der Waals surface area contributed by atoms with Crippen LogP contribution >= 0.6 is 0 Å². The average Bonchev–Trinajstić information content (AvgIpc) is 2.36. The fraction of sp³-hybridized carbons (Fsp3) is 0.364. The molecule has 0 aliphatic heterocycles. The number of nitrogens with zero attached hydrogens (tertiary/aromatic N) is 1. The van der Waals surface area contributed by atoms with Crippen molar-refractivity contribution in [3.63, 3.8) is 0 Å². The molecular formula is C11H14N2O5. The summed E-state index contributed by atoms with van der Waals surface area (Å²) >= 11 is 0. The van der Waals surface area contributed by atoms with Crippen molar-refractivity contribution < 1.29 is 19.9 Å². The molecular weight excluding hydrogens is 240 g/mol. The molecule has 1 aromatic carbocycles. The van der Waals surface area contributed by atoms with E-state index in [0.29, 0.717) is 0 Å². The van der Waals surface area contributed by atoms with Crippen molar-refractivity contribution in [2.75, 3.05) is 0 Å². The van der Waals surface area contributed by atoms with E-state index in [1.54, 1.807) is 0 Å². The maximum atomic E-state index is 11.1. The highest BCUT2D eigenvalue weighted by molar-refractivity contribution is 5.79. The van der Waals surface area contributed by atoms with Crippen LogP contribution in [0.5, 0.6) is 0 Å². The van der Waals surface area contributed by atoms with Crippen LogP contribution in [0.4, 0.5) is 5.69 Å². The Morgan fingerprint density at radius 3 is 2.67 bits per heavy atom. The third-order valence-electron chi connectivity index (χ3n) is 2.87. The summed E-state index contributed by atoms with van der Waals surface area (Å²) in [5.74, 6) is -1.36. The van der Waals surface area contributed by atoms with E-state index in [0.717, 1.165) is 6.07 Å². The Labute approximate surface area is 103 Å². The van der Waals surface area contributed by atoms with E-state index in [-0.39, 0.29) is 17.7 Å². The molecule has 18 heavy (non-hydrogen) atoms. The Hall–Kier alpha value is -1.99. The highest BCUT2D eigenvalue weighted by Crippen LogP contribution is 2.29. The molecule has 0 aliphatic carbocycles. The number of nitrogens with two attached hydrogens (primary N) is 1. The Morgan fingerprint density at radius 2 is 2.22 bits per heavy atom. The first-order chi connectivity index (χ1) is 8.32. The quantitative estimate of drug-likeness (QED) is 0.527. The molecule has 1 aromatic rings. The molecule has 4 N–H and O–H groups in total. The van der Waals surface area contributed by atoms with E-state index in [1.165, 1.54) is 25.1 Å². The lowest BCUT2D eigenvalue weighted by Crippen LogP contribution is -2.52. The second-order valence-electron chi connectivity index (χ2n) is 3.95. The van der Waals surface area contributed by atoms with Crippen LogP contribution in [0.1, 0.15) is 25.0 Å². The number of hydrogen-bond acceptors (Lipinski definition) is 5. The highest BCUT2D eigenvalue weighted by atomic mass is 16.6. The van der Waals surface area contributed by atoms with E-state index < -0.39 is 22.5 Å². The molecule has 0 heterocycles. The minimum Gasteiger partial charge on any atom is -0.480 e. The van der Waals surface area contributed by atoms with Crippen LogP contribution in [0, 0.1) is 10.1 Å². The summed E-state index contributed by atoms with van der Waals surface area (Å²) in [4.78, 5) is 21.0. The molecule has 0 aromatic heterocycles. The first kappa shape index (κ1) is 14.1. The zero-order valence-electron chi connectivity index (χ0n) is 9.74. The second-order valence-corrected chi connectivity index (χ2v) is 3.95. The fourth-order valence-corrected chi connectivity index (χ4v) is 1.57. The van der Waals surface area contributed by atoms with E-state index in [9.17, 15) is 20.0 Å². The van der Waals surface area contributed by atoms with Gasteiger partial charge in [-0.15, -0.1) is 0 Å². The van der Waals surface area contributed by atoms with Gasteiger partial charge in [0.15, 0.2) is 0 Å². The predicted octanol–water partition coefficient (Wildman–Crippen LogP) is 0.820. The fourth-order valence-electron chi connectivity index (χ4n) is 1.57. The molecule has 0 bridgehead atoms. The number of nitro benzene ring substituents is 1. The van der Waals surface area contributed by atoms with Crippen molar-refractivity contribution in [1.82, 2.24) is 0 Å². The molecule has 2 unspecified atom stereocenters. The zero-order chi connectivity index (χ0) is 13.9. The van der Waals surface area contributed by atoms with Crippen molar-refractivity contribution in [2.24, 2.45) is 5.73 Å². The van der Waals surface area contributed by atoms with Crippen LogP contribution < -0.4 is 5.73 Å². The molecule has 0 spiro atoms. The molecule has 0 fully saturated rings. The molecule has 98 valence electrons. The van der Waals surface area contributed by atoms with E-state index in [1.807, 2.05) is 0 Å². The minimum absolute atomic E-state index is 0.00775. The summed E-state index contributed by atoms with van der Waals surface area (Å²) in [5.41, 5.74) is 3.64. The van der Waals surface area contributed by atoms with E-state index in [4.69, 9.17) is 10.8 Å². The number of carbonyl (C=O) groups is 1. The first-order valence-corrected chi connectivity index (χ1v) is 5.27. The van der Waals surface area contributed by atoms with Crippen molar-refractivity contribution >= 4 is 11.7 Å². The smallest absolute Gasteiger partial charge is 0.326 e. The minimum atomic E-state index is -1.87. The summed E-state index contributed by atoms with van der Waals surface area (Å²) in [5, 5.41) is 29.6. The van der Waals surface area contributed by atoms with Gasteiger partial charge in [-0.2, -0.15) is 0 Å². The molecule has 2 atom stereocenters. The summed E-state index contributed by atoms with van der Waals surface area (Å²) < 4.78 is 0. The van der Waals surface area contributed by atoms with Gasteiger partial charge in [0.1, 0.15) is 11.6 Å². The zero-order valence-corrected chi connectivity index (χ0v) is 9.74. The molecule has 7 heteroatoms. The van der Waals surface area contributed by atoms with Crippen molar-refractivity contribution in [3.8, 4) is 0 Å². The highest BCUT2D eigenvalue weighted by Gasteiger charge is 2.41. The maximum absolute atomic E-state index is 11.1. The van der Waals surface area contributed by atoms with Crippen LogP contribution in [-0.4, -0.2) is 26.6 Å². The van der Waals surface area contributed by atoms with Gasteiger partial charge in [-0.05, 0) is 12.0 Å². The number of hydrogen-bond donors (Lipinski definition) is 3. The second kappa shape index (κ2) is 5.11. The Kier molecular flexibility index (Phi) is 4.00. The SMILES string of the molecule is CCC(N)(C(=O)O)C(O)c1cccc([N+](=O)[O-])c1. The van der Waals surface area contributed by atoms with Gasteiger partial charge in [-0.25, -0.2) is 0 Å². The summed E-state index contributed by atoms with van der Waals surface area (Å²) in [6.07, 6.45) is -1.52. The molecule has 7 nitrogen and oxygen atoms in total. The van der Waals surface area contributed by atoms with E-state index in [2.05, 4.69) is 0 Å². The average molecular weight is 254 g/mol. The summed E-state index contributed by atoms with van der Waals surface area (Å²) in [7, 11) is 0. The van der Waals surface area contributed by atoms with Gasteiger partial charge in [0.25, 0.3) is 5.69 Å². The van der Waals surface area contributed by atoms with Crippen LogP contribution in [0.15, 0.2) is 24.3 Å². The number of carboxylic acid groups (broad SMARTS) is 1. The van der Waals surface area contributed by atoms with Crippen molar-refractivity contribution in [3.05, 3.63) is 39.9 Å². The number of carboxylic acids is 1. The number of benzene rings is 1. The maximum Gasteiger partial charge on any atom is 0.326 e. The van der Waals surface area contributed by atoms with Crippen molar-refractivity contribution in [2.45, 2.75) is 25.0 Å². The van der Waals surface area contributed by atoms with Gasteiger partial charge in [-0.1, -0.05) is 19.1 Å². The Morgan fingerprint density at radius 1 is 1.61 bits per heavy atom. The monoisotopic (exact) mass is 254 g/mol. The molecule has 0 saturated carbocycles. The van der Waals surface area contributed by atoms with Gasteiger partial charge >= 0.3 is 5.97 Å². The van der Waals surface area contributed by atoms with Crippen LogP contribution in [0.25, 0.3) is 0 Å². The lowest BCUT2D eigenvalue weighted by Gasteiger charge is -2.28. The summed E-state index contributed by atoms with van der Waals surface area (Å²) in [6.45, 7) is 1.52. The van der Waals surface area contributed by atoms with Crippen LogP contribution in [0.2, 0.25) is 0 Å². The number of rotatable bonds is 5. The summed E-state index contributed by atoms with van der Waals surface area (Å²) in [6, 6.07) is 5.14. The van der Waals surface area contributed by atoms with Gasteiger partial charge < -0.3 is 15.9 Å². The third kappa shape index (κ3) is 2.47. The number of aliphatic carboxylic acids is 1. The van der Waals surface area contributed by atoms with Gasteiger partial charge in [0.2, 0.25) is 0 Å². The largest absolute Gasteiger partial charge is 0.480 e. The Balaban J connectivity index is 3.17. The first-order valence-electron chi connectivity index (χ1n) is 5.27. The number of aliphatic hydroxyl groups is 1. The standard InChI is InChI=1S/C11H14N2O5/c1-2-11(12,10(15)16)9(14)7-4-3-5-8(6-7)13(17)18/h3-6,9,14H,2,12H2,1H3,(H,15,16). The van der Waals surface area contributed by atoms with Gasteiger partial charge in [-0.3, -0.25) is 14.9 Å². The van der Waals surface area contributed by atoms with Crippen LogP contribution in [0.3, 0.4) is 0 Å². The number of aliphatic hydroxyl groups excluding tert-OH is 1. The third-order valence-corrected chi connectivity index (χ3v) is 2.87. The lowest BCUT2D eigenvalue weighted by molar-refractivity contribution is -0.385. The topological polar surface area (TPSA) is 127 Å². The molecule has 0 radical (unpaired) electrons. The normalized spacial score (nSPS) is 15.7. The van der Waals surface area contributed by atoms with Crippen LogP contribution in [-0.2, 0) is 4.79 Å². The van der Waals surface area contributed by atoms with Crippen molar-refractivity contribution in [1.29, 1.82) is 0 Å². The molecule has 0 aliphatic rings. The van der Waals surface area contributed by atoms with E-state index >= 15 is 0 Å². The predicted molar refractivity (Wildman–Crippen MR) is 62.9 cm³/mol. The molecule has 0 saturated heterocycles. The molecule has 1 rings (SSSR count).